The minimum absolute atomic E-state index is 0.0322. The smallest absolute Gasteiger partial charge is 0.462 e. The van der Waals surface area contributed by atoms with Gasteiger partial charge in [-0.15, -0.1) is 0 Å². The number of rotatable bonds is 4. The van der Waals surface area contributed by atoms with Crippen LogP contribution in [0.15, 0.2) is 30.3 Å². The predicted molar refractivity (Wildman–Crippen MR) is 83.0 cm³/mol. The fourth-order valence-corrected chi connectivity index (χ4v) is 2.40. The molecule has 0 radical (unpaired) electrons. The van der Waals surface area contributed by atoms with Crippen molar-refractivity contribution in [2.24, 2.45) is 0 Å². The molecule has 1 aliphatic rings. The molecule has 0 atom stereocenters. The number of ether oxygens (including phenoxy) is 1. The minimum atomic E-state index is -1.75. The highest BCUT2D eigenvalue weighted by atomic mass is 19.3. The van der Waals surface area contributed by atoms with Crippen LogP contribution >= 0.6 is 0 Å². The first kappa shape index (κ1) is 17.0. The molecule has 1 aliphatic heterocycles. The van der Waals surface area contributed by atoms with Crippen molar-refractivity contribution in [3.63, 3.8) is 0 Å². The zero-order chi connectivity index (χ0) is 16.5. The van der Waals surface area contributed by atoms with E-state index in [9.17, 15) is 8.78 Å². The number of allylic oxidation sites excluding steroid dienone is 1. The van der Waals surface area contributed by atoms with Gasteiger partial charge in [-0.1, -0.05) is 18.2 Å². The Hall–Kier alpha value is -1.40. The van der Waals surface area contributed by atoms with Crippen molar-refractivity contribution >= 4 is 12.7 Å². The maximum atomic E-state index is 13.5. The van der Waals surface area contributed by atoms with Gasteiger partial charge in [0.2, 0.25) is 0 Å². The van der Waals surface area contributed by atoms with Crippen LogP contribution < -0.4 is 4.74 Å². The Morgan fingerprint density at radius 1 is 1.09 bits per heavy atom. The van der Waals surface area contributed by atoms with Gasteiger partial charge in [0.05, 0.1) is 18.3 Å². The van der Waals surface area contributed by atoms with Gasteiger partial charge < -0.3 is 14.0 Å². The van der Waals surface area contributed by atoms with Gasteiger partial charge in [-0.25, -0.2) is 0 Å². The first-order valence-corrected chi connectivity index (χ1v) is 7.21. The van der Waals surface area contributed by atoms with E-state index in [1.54, 1.807) is 24.3 Å². The van der Waals surface area contributed by atoms with Gasteiger partial charge in [0, 0.05) is 17.5 Å². The van der Waals surface area contributed by atoms with Gasteiger partial charge in [-0.2, -0.15) is 8.78 Å². The second-order valence-corrected chi connectivity index (χ2v) is 6.33. The van der Waals surface area contributed by atoms with Crippen LogP contribution in [0, 0.1) is 0 Å². The van der Waals surface area contributed by atoms with E-state index in [1.165, 1.54) is 7.11 Å². The van der Waals surface area contributed by atoms with Crippen LogP contribution in [0.2, 0.25) is 6.32 Å². The molecule has 22 heavy (non-hydrogen) atoms. The van der Waals surface area contributed by atoms with Crippen molar-refractivity contribution in [2.75, 3.05) is 7.11 Å². The third kappa shape index (κ3) is 3.18. The molecule has 0 unspecified atom stereocenters. The lowest BCUT2D eigenvalue weighted by Crippen LogP contribution is -2.41. The first-order valence-electron chi connectivity index (χ1n) is 7.21. The van der Waals surface area contributed by atoms with Crippen molar-refractivity contribution in [3.8, 4) is 5.75 Å². The van der Waals surface area contributed by atoms with E-state index in [-0.39, 0.29) is 11.9 Å². The summed E-state index contributed by atoms with van der Waals surface area (Å²) < 4.78 is 43.7. The lowest BCUT2D eigenvalue weighted by molar-refractivity contribution is 0.00578. The summed E-state index contributed by atoms with van der Waals surface area (Å²) in [5, 5.41) is 0. The van der Waals surface area contributed by atoms with E-state index >= 15 is 0 Å². The Kier molecular flexibility index (Phi) is 4.63. The van der Waals surface area contributed by atoms with Gasteiger partial charge in [-0.05, 0) is 33.8 Å². The third-order valence-electron chi connectivity index (χ3n) is 4.33. The summed E-state index contributed by atoms with van der Waals surface area (Å²) in [5.41, 5.74) is -0.845. The van der Waals surface area contributed by atoms with E-state index in [0.29, 0.717) is 11.3 Å². The monoisotopic (exact) mass is 310 g/mol. The summed E-state index contributed by atoms with van der Waals surface area (Å²) in [6.07, 6.45) is -1.78. The highest BCUT2D eigenvalue weighted by Gasteiger charge is 2.51. The molecule has 2 rings (SSSR count). The number of halogens is 2. The summed E-state index contributed by atoms with van der Waals surface area (Å²) in [6.45, 7) is 7.58. The summed E-state index contributed by atoms with van der Waals surface area (Å²) in [4.78, 5) is 0. The molecular formula is C16H21BF2O3. The van der Waals surface area contributed by atoms with Gasteiger partial charge >= 0.3 is 7.12 Å². The van der Waals surface area contributed by atoms with Crippen molar-refractivity contribution in [1.82, 2.24) is 0 Å². The second-order valence-electron chi connectivity index (χ2n) is 6.33. The van der Waals surface area contributed by atoms with Crippen LogP contribution in [0.4, 0.5) is 8.78 Å². The highest BCUT2D eigenvalue weighted by molar-refractivity contribution is 6.48. The van der Waals surface area contributed by atoms with Crippen LogP contribution in [0.1, 0.15) is 33.3 Å². The fraction of sp³-hybridized carbons (Fsp3) is 0.500. The van der Waals surface area contributed by atoms with Crippen molar-refractivity contribution in [2.45, 2.75) is 45.2 Å². The predicted octanol–water partition coefficient (Wildman–Crippen LogP) is 4.40. The summed E-state index contributed by atoms with van der Waals surface area (Å²) in [6, 6.07) is 6.71. The van der Waals surface area contributed by atoms with Crippen LogP contribution in [-0.4, -0.2) is 25.4 Å². The molecule has 0 saturated carbocycles. The molecule has 1 aromatic rings. The number of para-hydroxylation sites is 1. The molecule has 120 valence electrons. The quantitative estimate of drug-likeness (QED) is 0.772. The maximum absolute atomic E-state index is 13.5. The van der Waals surface area contributed by atoms with Crippen molar-refractivity contribution in [3.05, 3.63) is 35.9 Å². The average molecular weight is 310 g/mol. The summed E-state index contributed by atoms with van der Waals surface area (Å²) >= 11 is 0. The SMILES string of the molecule is COc1ccccc1C(CB1OC(C)(C)C(C)(C)O1)=C(F)F. The van der Waals surface area contributed by atoms with Gasteiger partial charge in [0.1, 0.15) is 5.75 Å². The lowest BCUT2D eigenvalue weighted by Gasteiger charge is -2.32. The summed E-state index contributed by atoms with van der Waals surface area (Å²) in [7, 11) is 0.743. The standard InChI is InChI=1S/C16H21BF2O3/c1-15(2)16(3,4)22-17(21-15)10-12(14(18)19)11-8-6-7-9-13(11)20-5/h6-9H,10H2,1-5H3. The molecule has 0 aliphatic carbocycles. The van der Waals surface area contributed by atoms with Crippen molar-refractivity contribution < 1.29 is 22.8 Å². The molecule has 1 aromatic carbocycles. The largest absolute Gasteiger partial charge is 0.496 e. The maximum Gasteiger partial charge on any atom is 0.462 e. The molecule has 0 bridgehead atoms. The minimum Gasteiger partial charge on any atom is -0.496 e. The molecule has 1 saturated heterocycles. The zero-order valence-corrected chi connectivity index (χ0v) is 13.6. The van der Waals surface area contributed by atoms with E-state index < -0.39 is 24.4 Å². The number of hydrogen-bond acceptors (Lipinski definition) is 3. The molecular weight excluding hydrogens is 289 g/mol. The Bertz CT molecular complexity index is 565. The molecule has 3 nitrogen and oxygen atoms in total. The van der Waals surface area contributed by atoms with Gasteiger partial charge in [0.25, 0.3) is 6.08 Å². The number of methoxy groups -OCH3 is 1. The Labute approximate surface area is 130 Å². The molecule has 0 aromatic heterocycles. The van der Waals surface area contributed by atoms with Gasteiger partial charge in [-0.3, -0.25) is 0 Å². The molecule has 0 amide bonds. The first-order chi connectivity index (χ1) is 10.2. The van der Waals surface area contributed by atoms with Gasteiger partial charge in [0.15, 0.2) is 0 Å². The molecule has 0 spiro atoms. The lowest BCUT2D eigenvalue weighted by atomic mass is 9.78. The van der Waals surface area contributed by atoms with Crippen LogP contribution in [-0.2, 0) is 9.31 Å². The Balaban J connectivity index is 2.28. The third-order valence-corrected chi connectivity index (χ3v) is 4.33. The topological polar surface area (TPSA) is 27.7 Å². The number of benzene rings is 1. The van der Waals surface area contributed by atoms with E-state index in [1.807, 2.05) is 27.7 Å². The fourth-order valence-electron chi connectivity index (χ4n) is 2.40. The van der Waals surface area contributed by atoms with Crippen LogP contribution in [0.5, 0.6) is 5.75 Å². The van der Waals surface area contributed by atoms with Crippen LogP contribution in [0.25, 0.3) is 5.57 Å². The Morgan fingerprint density at radius 3 is 2.14 bits per heavy atom. The van der Waals surface area contributed by atoms with E-state index in [4.69, 9.17) is 14.0 Å². The van der Waals surface area contributed by atoms with Crippen LogP contribution in [0.3, 0.4) is 0 Å². The highest BCUT2D eigenvalue weighted by Crippen LogP contribution is 2.41. The molecule has 0 N–H and O–H groups in total. The molecule has 1 fully saturated rings. The second kappa shape index (κ2) is 6.01. The molecule has 6 heteroatoms. The zero-order valence-electron chi connectivity index (χ0n) is 13.6. The van der Waals surface area contributed by atoms with E-state index in [2.05, 4.69) is 0 Å². The van der Waals surface area contributed by atoms with Crippen molar-refractivity contribution in [1.29, 1.82) is 0 Å². The molecule has 1 heterocycles. The average Bonchev–Trinajstić information content (AvgIpc) is 2.63. The normalized spacial score (nSPS) is 19.1. The summed E-state index contributed by atoms with van der Waals surface area (Å²) in [5.74, 6) is 0.404. The van der Waals surface area contributed by atoms with E-state index in [0.717, 1.165) is 0 Å². The Morgan fingerprint density at radius 2 is 1.64 bits per heavy atom. The number of hydrogen-bond donors (Lipinski definition) is 0.